The molecule has 1 atom stereocenters. The molecule has 0 heterocycles. The van der Waals surface area contributed by atoms with Crippen molar-refractivity contribution in [1.29, 1.82) is 0 Å². The van der Waals surface area contributed by atoms with Crippen molar-refractivity contribution < 1.29 is 9.90 Å². The monoisotopic (exact) mass is 140 g/mol. The van der Waals surface area contributed by atoms with E-state index in [1.54, 1.807) is 0 Å². The lowest BCUT2D eigenvalue weighted by atomic mass is 10.1. The second-order valence-electron chi connectivity index (χ2n) is 2.85. The quantitative estimate of drug-likeness (QED) is 0.564. The summed E-state index contributed by atoms with van der Waals surface area (Å²) in [6.07, 6.45) is 4.64. The van der Waals surface area contributed by atoms with Crippen molar-refractivity contribution in [2.75, 3.05) is 0 Å². The second kappa shape index (κ2) is 2.86. The smallest absolute Gasteiger partial charge is 0.328 e. The van der Waals surface area contributed by atoms with Gasteiger partial charge < -0.3 is 5.11 Å². The van der Waals surface area contributed by atoms with Crippen LogP contribution in [0.1, 0.15) is 26.2 Å². The van der Waals surface area contributed by atoms with E-state index in [4.69, 9.17) is 5.11 Å². The first kappa shape index (κ1) is 7.32. The summed E-state index contributed by atoms with van der Waals surface area (Å²) < 4.78 is 0. The molecular weight excluding hydrogens is 128 g/mol. The van der Waals surface area contributed by atoms with E-state index < -0.39 is 5.97 Å². The highest BCUT2D eigenvalue weighted by atomic mass is 16.4. The van der Waals surface area contributed by atoms with Crippen molar-refractivity contribution in [2.24, 2.45) is 5.92 Å². The van der Waals surface area contributed by atoms with Crippen LogP contribution in [0.4, 0.5) is 0 Å². The Morgan fingerprint density at radius 3 is 2.90 bits per heavy atom. The number of aliphatic carboxylic acids is 1. The summed E-state index contributed by atoms with van der Waals surface area (Å²) in [4.78, 5) is 10.2. The van der Waals surface area contributed by atoms with E-state index >= 15 is 0 Å². The molecule has 1 aliphatic rings. The number of carboxylic acid groups (broad SMARTS) is 1. The van der Waals surface area contributed by atoms with Crippen LogP contribution in [0, 0.1) is 5.92 Å². The first-order valence-electron chi connectivity index (χ1n) is 3.63. The van der Waals surface area contributed by atoms with Crippen molar-refractivity contribution in [3.63, 3.8) is 0 Å². The van der Waals surface area contributed by atoms with Crippen LogP contribution >= 0.6 is 0 Å². The SMILES string of the molecule is C[C@H]1CCC/C1=C/C(=O)O. The average molecular weight is 140 g/mol. The lowest BCUT2D eigenvalue weighted by Gasteiger charge is -2.00. The fraction of sp³-hybridized carbons (Fsp3) is 0.625. The second-order valence-corrected chi connectivity index (χ2v) is 2.85. The molecule has 0 saturated heterocycles. The maximum atomic E-state index is 10.2. The van der Waals surface area contributed by atoms with Crippen molar-refractivity contribution in [3.05, 3.63) is 11.6 Å². The Kier molecular flexibility index (Phi) is 2.10. The van der Waals surface area contributed by atoms with Crippen molar-refractivity contribution in [1.82, 2.24) is 0 Å². The molecule has 0 aromatic rings. The van der Waals surface area contributed by atoms with E-state index in [2.05, 4.69) is 6.92 Å². The van der Waals surface area contributed by atoms with E-state index in [0.29, 0.717) is 5.92 Å². The zero-order valence-electron chi connectivity index (χ0n) is 6.13. The standard InChI is InChI=1S/C8H12O2/c1-6-3-2-4-7(6)5-8(9)10/h5-6H,2-4H2,1H3,(H,9,10)/b7-5-/t6-/m0/s1. The van der Waals surface area contributed by atoms with Crippen LogP contribution in [0.5, 0.6) is 0 Å². The summed E-state index contributed by atoms with van der Waals surface area (Å²) in [5.41, 5.74) is 1.10. The van der Waals surface area contributed by atoms with Gasteiger partial charge in [0.1, 0.15) is 0 Å². The van der Waals surface area contributed by atoms with E-state index in [-0.39, 0.29) is 0 Å². The van der Waals surface area contributed by atoms with Crippen LogP contribution in [0.25, 0.3) is 0 Å². The van der Waals surface area contributed by atoms with Crippen molar-refractivity contribution in [2.45, 2.75) is 26.2 Å². The zero-order chi connectivity index (χ0) is 7.56. The Bertz CT molecular complexity index is 170. The Labute approximate surface area is 60.6 Å². The molecule has 56 valence electrons. The number of hydrogen-bond acceptors (Lipinski definition) is 1. The molecule has 0 aromatic heterocycles. The van der Waals surface area contributed by atoms with Crippen molar-refractivity contribution >= 4 is 5.97 Å². The van der Waals surface area contributed by atoms with Gasteiger partial charge in [-0.1, -0.05) is 12.5 Å². The third kappa shape index (κ3) is 1.59. The largest absolute Gasteiger partial charge is 0.478 e. The van der Waals surface area contributed by atoms with Crippen LogP contribution in [-0.4, -0.2) is 11.1 Å². The third-order valence-electron chi connectivity index (χ3n) is 2.04. The lowest BCUT2D eigenvalue weighted by molar-refractivity contribution is -0.131. The van der Waals surface area contributed by atoms with Gasteiger partial charge in [0, 0.05) is 6.08 Å². The van der Waals surface area contributed by atoms with Crippen molar-refractivity contribution in [3.8, 4) is 0 Å². The summed E-state index contributed by atoms with van der Waals surface area (Å²) in [6.45, 7) is 2.09. The molecule has 0 aliphatic heterocycles. The number of rotatable bonds is 1. The van der Waals surface area contributed by atoms with Crippen LogP contribution in [0.3, 0.4) is 0 Å². The summed E-state index contributed by atoms with van der Waals surface area (Å²) >= 11 is 0. The number of carboxylic acids is 1. The summed E-state index contributed by atoms with van der Waals surface area (Å²) in [7, 11) is 0. The maximum Gasteiger partial charge on any atom is 0.328 e. The van der Waals surface area contributed by atoms with E-state index in [9.17, 15) is 4.79 Å². The van der Waals surface area contributed by atoms with Gasteiger partial charge in [-0.05, 0) is 25.2 Å². The number of hydrogen-bond donors (Lipinski definition) is 1. The Balaban J connectivity index is 2.62. The van der Waals surface area contributed by atoms with Gasteiger partial charge >= 0.3 is 5.97 Å². The third-order valence-corrected chi connectivity index (χ3v) is 2.04. The first-order valence-corrected chi connectivity index (χ1v) is 3.63. The Morgan fingerprint density at radius 2 is 2.50 bits per heavy atom. The predicted molar refractivity (Wildman–Crippen MR) is 38.7 cm³/mol. The predicted octanol–water partition coefficient (Wildman–Crippen LogP) is 1.82. The summed E-state index contributed by atoms with van der Waals surface area (Å²) in [5, 5.41) is 8.42. The molecule has 0 amide bonds. The van der Waals surface area contributed by atoms with Gasteiger partial charge in [0.2, 0.25) is 0 Å². The highest BCUT2D eigenvalue weighted by Gasteiger charge is 2.16. The molecule has 0 unspecified atom stereocenters. The fourth-order valence-corrected chi connectivity index (χ4v) is 1.42. The van der Waals surface area contributed by atoms with Gasteiger partial charge in [-0.3, -0.25) is 0 Å². The van der Waals surface area contributed by atoms with Gasteiger partial charge in [-0.15, -0.1) is 0 Å². The molecule has 0 radical (unpaired) electrons. The molecule has 1 rings (SSSR count). The minimum absolute atomic E-state index is 0.496. The first-order chi connectivity index (χ1) is 4.70. The van der Waals surface area contributed by atoms with E-state index in [0.717, 1.165) is 24.8 Å². The normalized spacial score (nSPS) is 29.3. The topological polar surface area (TPSA) is 37.3 Å². The Hall–Kier alpha value is -0.790. The van der Waals surface area contributed by atoms with E-state index in [1.165, 1.54) is 6.08 Å². The average Bonchev–Trinajstić information content (AvgIpc) is 2.15. The molecule has 1 saturated carbocycles. The van der Waals surface area contributed by atoms with Gasteiger partial charge in [0.15, 0.2) is 0 Å². The number of allylic oxidation sites excluding steroid dienone is 1. The molecule has 10 heavy (non-hydrogen) atoms. The van der Waals surface area contributed by atoms with Gasteiger partial charge in [-0.2, -0.15) is 0 Å². The summed E-state index contributed by atoms with van der Waals surface area (Å²) in [5.74, 6) is -0.306. The van der Waals surface area contributed by atoms with E-state index in [1.807, 2.05) is 0 Å². The molecule has 1 aliphatic carbocycles. The Morgan fingerprint density at radius 1 is 1.80 bits per heavy atom. The highest BCUT2D eigenvalue weighted by Crippen LogP contribution is 2.29. The minimum Gasteiger partial charge on any atom is -0.478 e. The number of carbonyl (C=O) groups is 1. The maximum absolute atomic E-state index is 10.2. The van der Waals surface area contributed by atoms with Gasteiger partial charge in [0.05, 0.1) is 0 Å². The van der Waals surface area contributed by atoms with Gasteiger partial charge in [0.25, 0.3) is 0 Å². The van der Waals surface area contributed by atoms with Crippen LogP contribution in [0.2, 0.25) is 0 Å². The van der Waals surface area contributed by atoms with Crippen LogP contribution in [0.15, 0.2) is 11.6 Å². The highest BCUT2D eigenvalue weighted by molar-refractivity contribution is 5.80. The van der Waals surface area contributed by atoms with Gasteiger partial charge in [-0.25, -0.2) is 4.79 Å². The lowest BCUT2D eigenvalue weighted by Crippen LogP contribution is -1.94. The molecule has 2 nitrogen and oxygen atoms in total. The molecule has 0 spiro atoms. The van der Waals surface area contributed by atoms with Crippen LogP contribution < -0.4 is 0 Å². The molecular formula is C8H12O2. The molecule has 2 heteroatoms. The van der Waals surface area contributed by atoms with Crippen LogP contribution in [-0.2, 0) is 4.79 Å². The zero-order valence-corrected chi connectivity index (χ0v) is 6.13. The minimum atomic E-state index is -0.802. The molecule has 0 bridgehead atoms. The molecule has 0 aromatic carbocycles. The summed E-state index contributed by atoms with van der Waals surface area (Å²) in [6, 6.07) is 0. The molecule has 1 N–H and O–H groups in total. The molecule has 1 fully saturated rings. The fourth-order valence-electron chi connectivity index (χ4n) is 1.42.